The Balaban J connectivity index is 1.29. The Morgan fingerprint density at radius 3 is 2.68 bits per heavy atom. The van der Waals surface area contributed by atoms with Gasteiger partial charge in [0, 0.05) is 19.2 Å². The van der Waals surface area contributed by atoms with Crippen LogP contribution >= 0.6 is 0 Å². The molecule has 0 aliphatic carbocycles. The molecular formula is C23H27F2NO5. The van der Waals surface area contributed by atoms with Gasteiger partial charge >= 0.3 is 0 Å². The van der Waals surface area contributed by atoms with Gasteiger partial charge in [-0.25, -0.2) is 8.78 Å². The van der Waals surface area contributed by atoms with Gasteiger partial charge in [-0.2, -0.15) is 0 Å². The third-order valence-electron chi connectivity index (χ3n) is 6.19. The van der Waals surface area contributed by atoms with Crippen molar-refractivity contribution in [3.63, 3.8) is 0 Å². The molecule has 8 heteroatoms. The summed E-state index contributed by atoms with van der Waals surface area (Å²) in [5.74, 6) is -0.594. The van der Waals surface area contributed by atoms with E-state index in [1.807, 2.05) is 6.92 Å². The van der Waals surface area contributed by atoms with Gasteiger partial charge in [0.15, 0.2) is 11.6 Å². The van der Waals surface area contributed by atoms with Crippen LogP contribution in [-0.2, 0) is 12.8 Å². The fourth-order valence-electron chi connectivity index (χ4n) is 4.16. The zero-order valence-electron chi connectivity index (χ0n) is 17.3. The lowest BCUT2D eigenvalue weighted by molar-refractivity contribution is -0.0551. The quantitative estimate of drug-likeness (QED) is 0.557. The number of aliphatic hydroxyl groups is 2. The van der Waals surface area contributed by atoms with E-state index in [0.29, 0.717) is 42.7 Å². The number of hydrogen-bond acceptors (Lipinski definition) is 6. The number of benzene rings is 2. The van der Waals surface area contributed by atoms with Crippen molar-refractivity contribution in [3.8, 4) is 17.2 Å². The van der Waals surface area contributed by atoms with Crippen LogP contribution in [0.2, 0.25) is 0 Å². The van der Waals surface area contributed by atoms with Crippen LogP contribution in [0.1, 0.15) is 30.9 Å². The van der Waals surface area contributed by atoms with Gasteiger partial charge in [-0.05, 0) is 68.0 Å². The Kier molecular flexibility index (Phi) is 6.05. The molecule has 2 aliphatic rings. The summed E-state index contributed by atoms with van der Waals surface area (Å²) in [4.78, 5) is 0. The number of halogens is 2. The molecule has 31 heavy (non-hydrogen) atoms. The van der Waals surface area contributed by atoms with Crippen LogP contribution in [0.3, 0.4) is 0 Å². The van der Waals surface area contributed by atoms with Gasteiger partial charge in [0.25, 0.3) is 0 Å². The Hall–Kier alpha value is -2.42. The first kappa shape index (κ1) is 21.8. The summed E-state index contributed by atoms with van der Waals surface area (Å²) in [6.45, 7) is 2.18. The van der Waals surface area contributed by atoms with E-state index in [1.54, 1.807) is 6.07 Å². The Labute approximate surface area is 179 Å². The van der Waals surface area contributed by atoms with Gasteiger partial charge in [0.05, 0.1) is 0 Å². The maximum Gasteiger partial charge on any atom is 0.168 e. The zero-order valence-corrected chi connectivity index (χ0v) is 17.3. The number of fused-ring (bicyclic) bond motifs is 2. The van der Waals surface area contributed by atoms with E-state index < -0.39 is 35.5 Å². The third-order valence-corrected chi connectivity index (χ3v) is 6.19. The normalized spacial score (nSPS) is 24.4. The average molecular weight is 435 g/mol. The molecule has 2 aliphatic heterocycles. The van der Waals surface area contributed by atoms with Crippen molar-refractivity contribution < 1.29 is 33.6 Å². The van der Waals surface area contributed by atoms with Crippen LogP contribution in [0.4, 0.5) is 8.78 Å². The minimum atomic E-state index is -0.860. The van der Waals surface area contributed by atoms with Crippen LogP contribution in [0, 0.1) is 11.6 Å². The first-order valence-corrected chi connectivity index (χ1v) is 10.5. The standard InChI is InChI=1S/C23H27F2NO5/c1-23(7-6-14-8-15(24)3-5-19(14)31-23)22(29)12-26-11-18(28)20-4-2-13-9-17(27)16(25)10-21(13)30-20/h3,5,8-10,18,20,22,26-29H,2,4,6-7,11-12H2,1H3/t18-,20-,22-,23+/m0/s1. The molecule has 4 rings (SSSR count). The highest BCUT2D eigenvalue weighted by Gasteiger charge is 2.38. The van der Waals surface area contributed by atoms with Gasteiger partial charge < -0.3 is 30.1 Å². The van der Waals surface area contributed by atoms with Crippen molar-refractivity contribution >= 4 is 0 Å². The van der Waals surface area contributed by atoms with E-state index in [1.165, 1.54) is 18.2 Å². The highest BCUT2D eigenvalue weighted by Crippen LogP contribution is 2.36. The first-order valence-electron chi connectivity index (χ1n) is 10.5. The van der Waals surface area contributed by atoms with E-state index in [2.05, 4.69) is 5.32 Å². The largest absolute Gasteiger partial charge is 0.505 e. The lowest BCUT2D eigenvalue weighted by Crippen LogP contribution is -2.53. The monoisotopic (exact) mass is 435 g/mol. The topological polar surface area (TPSA) is 91.2 Å². The third kappa shape index (κ3) is 4.61. The first-order chi connectivity index (χ1) is 14.7. The molecule has 168 valence electrons. The molecule has 0 saturated carbocycles. The summed E-state index contributed by atoms with van der Waals surface area (Å²) in [5, 5.41) is 33.7. The van der Waals surface area contributed by atoms with Crippen LogP contribution in [0.25, 0.3) is 0 Å². The van der Waals surface area contributed by atoms with Crippen LogP contribution in [-0.4, -0.2) is 52.3 Å². The maximum atomic E-state index is 13.6. The summed E-state index contributed by atoms with van der Waals surface area (Å²) in [5.41, 5.74) is 0.656. The number of aliphatic hydroxyl groups excluding tert-OH is 2. The van der Waals surface area contributed by atoms with Gasteiger partial charge in [-0.1, -0.05) is 0 Å². The number of aromatic hydroxyl groups is 1. The number of phenols is 1. The molecule has 2 aromatic carbocycles. The molecule has 0 radical (unpaired) electrons. The number of aryl methyl sites for hydroxylation is 2. The lowest BCUT2D eigenvalue weighted by Gasteiger charge is -2.39. The smallest absolute Gasteiger partial charge is 0.168 e. The van der Waals surface area contributed by atoms with Crippen LogP contribution in [0.15, 0.2) is 30.3 Å². The SMILES string of the molecule is C[C@]1([C@@H](O)CNC[C@H](O)[C@@H]2CCc3cc(O)c(F)cc3O2)CCc2cc(F)ccc2O1. The summed E-state index contributed by atoms with van der Waals surface area (Å²) < 4.78 is 38.7. The maximum absolute atomic E-state index is 13.6. The predicted molar refractivity (Wildman–Crippen MR) is 109 cm³/mol. The summed E-state index contributed by atoms with van der Waals surface area (Å²) in [6.07, 6.45) is -0.00856. The second kappa shape index (κ2) is 8.61. The number of hydrogen-bond donors (Lipinski definition) is 4. The van der Waals surface area contributed by atoms with Gasteiger partial charge in [0.2, 0.25) is 0 Å². The molecule has 4 N–H and O–H groups in total. The Morgan fingerprint density at radius 2 is 1.87 bits per heavy atom. The zero-order chi connectivity index (χ0) is 22.2. The highest BCUT2D eigenvalue weighted by molar-refractivity contribution is 5.42. The number of phenolic OH excluding ortho intramolecular Hbond substituents is 1. The van der Waals surface area contributed by atoms with E-state index in [4.69, 9.17) is 9.47 Å². The van der Waals surface area contributed by atoms with E-state index >= 15 is 0 Å². The summed E-state index contributed by atoms with van der Waals surface area (Å²) in [7, 11) is 0. The fourth-order valence-corrected chi connectivity index (χ4v) is 4.16. The highest BCUT2D eigenvalue weighted by atomic mass is 19.1. The molecule has 0 saturated heterocycles. The lowest BCUT2D eigenvalue weighted by atomic mass is 9.87. The number of ether oxygens (including phenoxy) is 2. The predicted octanol–water partition coefficient (Wildman–Crippen LogP) is 2.46. The number of rotatable bonds is 6. The second-order valence-corrected chi connectivity index (χ2v) is 8.51. The van der Waals surface area contributed by atoms with Gasteiger partial charge in [-0.3, -0.25) is 0 Å². The second-order valence-electron chi connectivity index (χ2n) is 8.51. The van der Waals surface area contributed by atoms with Crippen LogP contribution < -0.4 is 14.8 Å². The molecule has 0 aromatic heterocycles. The van der Waals surface area contributed by atoms with E-state index in [-0.39, 0.29) is 18.9 Å². The van der Waals surface area contributed by atoms with Crippen molar-refractivity contribution in [2.45, 2.75) is 56.5 Å². The molecule has 2 heterocycles. The minimum Gasteiger partial charge on any atom is -0.505 e. The molecule has 6 nitrogen and oxygen atoms in total. The fraction of sp³-hybridized carbons (Fsp3) is 0.478. The molecule has 0 fully saturated rings. The van der Waals surface area contributed by atoms with Gasteiger partial charge in [0.1, 0.15) is 41.2 Å². The molecule has 0 amide bonds. The summed E-state index contributed by atoms with van der Waals surface area (Å²) >= 11 is 0. The van der Waals surface area contributed by atoms with Crippen molar-refractivity contribution in [1.29, 1.82) is 0 Å². The molecule has 0 spiro atoms. The van der Waals surface area contributed by atoms with Crippen LogP contribution in [0.5, 0.6) is 17.2 Å². The Morgan fingerprint density at radius 1 is 1.10 bits per heavy atom. The van der Waals surface area contributed by atoms with E-state index in [0.717, 1.165) is 11.6 Å². The molecule has 0 unspecified atom stereocenters. The Bertz CT molecular complexity index is 956. The number of nitrogens with one attached hydrogen (secondary N) is 1. The van der Waals surface area contributed by atoms with E-state index in [9.17, 15) is 24.1 Å². The van der Waals surface area contributed by atoms with Crippen molar-refractivity contribution in [2.24, 2.45) is 0 Å². The van der Waals surface area contributed by atoms with Crippen molar-refractivity contribution in [1.82, 2.24) is 5.32 Å². The summed E-state index contributed by atoms with van der Waals surface area (Å²) in [6, 6.07) is 6.84. The van der Waals surface area contributed by atoms with Crippen molar-refractivity contribution in [2.75, 3.05) is 13.1 Å². The molecule has 4 atom stereocenters. The van der Waals surface area contributed by atoms with Gasteiger partial charge in [-0.15, -0.1) is 0 Å². The van der Waals surface area contributed by atoms with Crippen molar-refractivity contribution in [3.05, 3.63) is 53.1 Å². The molecule has 0 bridgehead atoms. The average Bonchev–Trinajstić information content (AvgIpc) is 2.74. The molecular weight excluding hydrogens is 408 g/mol. The molecule has 2 aromatic rings. The minimum absolute atomic E-state index is 0.176.